The number of carboxylic acid groups (broad SMARTS) is 1. The van der Waals surface area contributed by atoms with Gasteiger partial charge >= 0.3 is 12.0 Å². The Hall–Kier alpha value is -1.79. The van der Waals surface area contributed by atoms with E-state index < -0.39 is 5.97 Å². The van der Waals surface area contributed by atoms with Crippen molar-refractivity contribution >= 4 is 17.9 Å². The third-order valence-electron chi connectivity index (χ3n) is 3.52. The van der Waals surface area contributed by atoms with Crippen LogP contribution in [0.25, 0.3) is 0 Å². The second kappa shape index (κ2) is 7.72. The van der Waals surface area contributed by atoms with Crippen LogP contribution in [0.1, 0.15) is 32.6 Å². The van der Waals surface area contributed by atoms with Gasteiger partial charge in [0.25, 0.3) is 0 Å². The maximum atomic E-state index is 11.9. The Morgan fingerprint density at radius 1 is 1.35 bits per heavy atom. The van der Waals surface area contributed by atoms with Gasteiger partial charge in [-0.05, 0) is 24.7 Å². The zero-order valence-electron chi connectivity index (χ0n) is 11.8. The van der Waals surface area contributed by atoms with Gasteiger partial charge in [-0.3, -0.25) is 9.59 Å². The molecule has 1 aliphatic heterocycles. The lowest BCUT2D eigenvalue weighted by atomic mass is 9.93. The molecule has 0 aromatic heterocycles. The Kier molecular flexibility index (Phi) is 6.27. The van der Waals surface area contributed by atoms with Crippen molar-refractivity contribution in [1.82, 2.24) is 10.2 Å². The van der Waals surface area contributed by atoms with E-state index in [2.05, 4.69) is 5.32 Å². The second-order valence-corrected chi connectivity index (χ2v) is 5.49. The van der Waals surface area contributed by atoms with Crippen LogP contribution >= 0.6 is 0 Å². The van der Waals surface area contributed by atoms with Crippen LogP contribution in [0.3, 0.4) is 0 Å². The number of urea groups is 1. The lowest BCUT2D eigenvalue weighted by Crippen LogP contribution is -2.46. The summed E-state index contributed by atoms with van der Waals surface area (Å²) in [6, 6.07) is -0.167. The fourth-order valence-corrected chi connectivity index (χ4v) is 2.37. The summed E-state index contributed by atoms with van der Waals surface area (Å²) >= 11 is 0. The number of rotatable bonds is 6. The maximum Gasteiger partial charge on any atom is 0.317 e. The molecule has 0 aromatic carbocycles. The van der Waals surface area contributed by atoms with Gasteiger partial charge in [0.05, 0.1) is 0 Å². The van der Waals surface area contributed by atoms with Gasteiger partial charge in [-0.25, -0.2) is 4.79 Å². The number of nitrogens with two attached hydrogens (primary N) is 1. The molecular formula is C13H23N3O4. The Morgan fingerprint density at radius 3 is 2.45 bits per heavy atom. The highest BCUT2D eigenvalue weighted by molar-refractivity contribution is 5.75. The minimum atomic E-state index is -0.862. The van der Waals surface area contributed by atoms with Crippen molar-refractivity contribution in [3.63, 3.8) is 0 Å². The van der Waals surface area contributed by atoms with Gasteiger partial charge in [-0.2, -0.15) is 0 Å². The fraction of sp³-hybridized carbons (Fsp3) is 0.769. The van der Waals surface area contributed by atoms with Crippen LogP contribution in [0.2, 0.25) is 0 Å². The summed E-state index contributed by atoms with van der Waals surface area (Å²) in [4.78, 5) is 34.9. The van der Waals surface area contributed by atoms with Crippen molar-refractivity contribution in [3.8, 4) is 0 Å². The Labute approximate surface area is 118 Å². The standard InChI is InChI=1S/C13H23N3O4/c1-9(6-12(18)19)8-15-13(20)16-4-2-10(3-5-16)7-11(14)17/h9-10H,2-8H2,1H3,(H2,14,17)(H,15,20)(H,18,19). The zero-order valence-corrected chi connectivity index (χ0v) is 11.8. The number of nitrogens with zero attached hydrogens (tertiary/aromatic N) is 1. The molecule has 4 N–H and O–H groups in total. The SMILES string of the molecule is CC(CNC(=O)N1CCC(CC(N)=O)CC1)CC(=O)O. The zero-order chi connectivity index (χ0) is 15.1. The van der Waals surface area contributed by atoms with Crippen LogP contribution in [0, 0.1) is 11.8 Å². The number of hydrogen-bond donors (Lipinski definition) is 3. The van der Waals surface area contributed by atoms with E-state index in [1.54, 1.807) is 11.8 Å². The van der Waals surface area contributed by atoms with Crippen LogP contribution < -0.4 is 11.1 Å². The average molecular weight is 285 g/mol. The third kappa shape index (κ3) is 5.90. The van der Waals surface area contributed by atoms with Gasteiger partial charge < -0.3 is 21.1 Å². The lowest BCUT2D eigenvalue weighted by Gasteiger charge is -2.31. The second-order valence-electron chi connectivity index (χ2n) is 5.49. The molecule has 1 saturated heterocycles. The van der Waals surface area contributed by atoms with Gasteiger partial charge in [-0.1, -0.05) is 6.92 Å². The lowest BCUT2D eigenvalue weighted by molar-refractivity contribution is -0.137. The first-order valence-electron chi connectivity index (χ1n) is 6.91. The minimum Gasteiger partial charge on any atom is -0.481 e. The molecule has 7 nitrogen and oxygen atoms in total. The highest BCUT2D eigenvalue weighted by atomic mass is 16.4. The summed E-state index contributed by atoms with van der Waals surface area (Å²) in [5.41, 5.74) is 5.16. The molecule has 1 rings (SSSR count). The van der Waals surface area contributed by atoms with Crippen molar-refractivity contribution in [3.05, 3.63) is 0 Å². The molecule has 1 heterocycles. The number of likely N-dealkylation sites (tertiary alicyclic amines) is 1. The van der Waals surface area contributed by atoms with E-state index in [1.807, 2.05) is 0 Å². The first kappa shape index (κ1) is 16.3. The summed E-state index contributed by atoms with van der Waals surface area (Å²) in [6.07, 6.45) is 1.98. The molecule has 0 aliphatic carbocycles. The molecule has 0 spiro atoms. The largest absolute Gasteiger partial charge is 0.481 e. The van der Waals surface area contributed by atoms with Crippen LogP contribution in [-0.4, -0.2) is 47.5 Å². The Morgan fingerprint density at radius 2 is 1.95 bits per heavy atom. The first-order chi connectivity index (χ1) is 9.38. The van der Waals surface area contributed by atoms with Crippen molar-refractivity contribution in [2.24, 2.45) is 17.6 Å². The summed E-state index contributed by atoms with van der Waals surface area (Å²) in [7, 11) is 0. The van der Waals surface area contributed by atoms with E-state index >= 15 is 0 Å². The van der Waals surface area contributed by atoms with E-state index in [1.165, 1.54) is 0 Å². The van der Waals surface area contributed by atoms with Gasteiger partial charge in [-0.15, -0.1) is 0 Å². The highest BCUT2D eigenvalue weighted by Gasteiger charge is 2.23. The highest BCUT2D eigenvalue weighted by Crippen LogP contribution is 2.20. The van der Waals surface area contributed by atoms with Crippen LogP contribution in [0.4, 0.5) is 4.79 Å². The van der Waals surface area contributed by atoms with Gasteiger partial charge in [0.15, 0.2) is 0 Å². The molecule has 114 valence electrons. The normalized spacial score (nSPS) is 17.6. The van der Waals surface area contributed by atoms with Crippen molar-refractivity contribution in [2.45, 2.75) is 32.6 Å². The third-order valence-corrected chi connectivity index (χ3v) is 3.52. The quantitative estimate of drug-likeness (QED) is 0.655. The minimum absolute atomic E-state index is 0.0426. The summed E-state index contributed by atoms with van der Waals surface area (Å²) < 4.78 is 0. The number of nitrogens with one attached hydrogen (secondary N) is 1. The molecule has 0 radical (unpaired) electrons. The van der Waals surface area contributed by atoms with Gasteiger partial charge in [0, 0.05) is 32.5 Å². The Bertz CT molecular complexity index is 365. The average Bonchev–Trinajstić information content (AvgIpc) is 2.35. The summed E-state index contributed by atoms with van der Waals surface area (Å²) in [5, 5.41) is 11.4. The van der Waals surface area contributed by atoms with Crippen molar-refractivity contribution in [2.75, 3.05) is 19.6 Å². The monoisotopic (exact) mass is 285 g/mol. The summed E-state index contributed by atoms with van der Waals surface area (Å²) in [6.45, 7) is 3.36. The number of aliphatic carboxylic acids is 1. The van der Waals surface area contributed by atoms with Crippen LogP contribution in [-0.2, 0) is 9.59 Å². The maximum absolute atomic E-state index is 11.9. The van der Waals surface area contributed by atoms with Crippen LogP contribution in [0.5, 0.6) is 0 Å². The predicted molar refractivity (Wildman–Crippen MR) is 72.9 cm³/mol. The fourth-order valence-electron chi connectivity index (χ4n) is 2.37. The molecule has 0 aromatic rings. The van der Waals surface area contributed by atoms with E-state index in [9.17, 15) is 14.4 Å². The first-order valence-corrected chi connectivity index (χ1v) is 6.91. The topological polar surface area (TPSA) is 113 Å². The number of primary amides is 1. The van der Waals surface area contributed by atoms with Gasteiger partial charge in [0.1, 0.15) is 0 Å². The molecule has 0 saturated carbocycles. The number of carboxylic acids is 1. The van der Waals surface area contributed by atoms with Crippen LogP contribution in [0.15, 0.2) is 0 Å². The van der Waals surface area contributed by atoms with Gasteiger partial charge in [0.2, 0.25) is 5.91 Å². The number of carbonyl (C=O) groups is 3. The van der Waals surface area contributed by atoms with E-state index in [-0.39, 0.29) is 30.2 Å². The molecule has 3 amide bonds. The van der Waals surface area contributed by atoms with Crippen molar-refractivity contribution in [1.29, 1.82) is 0 Å². The number of piperidine rings is 1. The number of amides is 3. The Balaban J connectivity index is 2.25. The van der Waals surface area contributed by atoms with Crippen molar-refractivity contribution < 1.29 is 19.5 Å². The number of carbonyl (C=O) groups excluding carboxylic acids is 2. The molecule has 1 aliphatic rings. The van der Waals surface area contributed by atoms with E-state index in [4.69, 9.17) is 10.8 Å². The molecule has 1 atom stereocenters. The van der Waals surface area contributed by atoms with E-state index in [0.29, 0.717) is 26.1 Å². The van der Waals surface area contributed by atoms with E-state index in [0.717, 1.165) is 12.8 Å². The molecule has 0 bridgehead atoms. The molecular weight excluding hydrogens is 262 g/mol. The summed E-state index contributed by atoms with van der Waals surface area (Å²) in [5.74, 6) is -0.985. The molecule has 1 fully saturated rings. The molecule has 7 heteroatoms. The molecule has 1 unspecified atom stereocenters. The predicted octanol–water partition coefficient (Wildman–Crippen LogP) is 0.394. The molecule has 20 heavy (non-hydrogen) atoms. The number of hydrogen-bond acceptors (Lipinski definition) is 3. The smallest absolute Gasteiger partial charge is 0.317 e.